The first kappa shape index (κ1) is 16.9. The van der Waals surface area contributed by atoms with Crippen molar-refractivity contribution in [1.29, 1.82) is 0 Å². The van der Waals surface area contributed by atoms with Gasteiger partial charge >= 0.3 is 0 Å². The van der Waals surface area contributed by atoms with E-state index in [0.717, 1.165) is 11.1 Å². The number of rotatable bonds is 6. The molecule has 1 amide bonds. The number of nitrogens with zero attached hydrogens (tertiary/aromatic N) is 3. The summed E-state index contributed by atoms with van der Waals surface area (Å²) in [5, 5.41) is 4.81. The van der Waals surface area contributed by atoms with Crippen LogP contribution in [0.2, 0.25) is 0 Å². The molecule has 0 saturated carbocycles. The van der Waals surface area contributed by atoms with Crippen molar-refractivity contribution in [3.63, 3.8) is 0 Å². The van der Waals surface area contributed by atoms with E-state index in [9.17, 15) is 9.59 Å². The van der Waals surface area contributed by atoms with Crippen LogP contribution in [-0.2, 0) is 17.9 Å². The second-order valence-electron chi connectivity index (χ2n) is 5.89. The molecule has 0 N–H and O–H groups in total. The number of aryl methyl sites for hydroxylation is 1. The topological polar surface area (TPSA) is 55.2 Å². The number of aromatic nitrogens is 2. The average molecular weight is 335 g/mol. The van der Waals surface area contributed by atoms with Gasteiger partial charge in [-0.2, -0.15) is 5.10 Å². The van der Waals surface area contributed by atoms with Crippen LogP contribution in [0.5, 0.6) is 0 Å². The molecule has 3 aromatic rings. The molecular formula is C20H21N3O2. The van der Waals surface area contributed by atoms with E-state index in [-0.39, 0.29) is 11.3 Å². The fourth-order valence-corrected chi connectivity index (χ4v) is 2.88. The highest BCUT2D eigenvalue weighted by atomic mass is 16.2. The van der Waals surface area contributed by atoms with Gasteiger partial charge in [0.1, 0.15) is 0 Å². The Kier molecular flexibility index (Phi) is 5.23. The summed E-state index contributed by atoms with van der Waals surface area (Å²) in [4.78, 5) is 26.3. The number of hydrogen-bond acceptors (Lipinski definition) is 3. The molecule has 128 valence electrons. The molecule has 0 fully saturated rings. The highest BCUT2D eigenvalue weighted by Crippen LogP contribution is 2.10. The molecule has 0 atom stereocenters. The maximum Gasteiger partial charge on any atom is 0.224 e. The van der Waals surface area contributed by atoms with Crippen LogP contribution in [-0.4, -0.2) is 27.1 Å². The lowest BCUT2D eigenvalue weighted by Crippen LogP contribution is -2.31. The minimum Gasteiger partial charge on any atom is -0.339 e. The molecule has 0 spiro atoms. The van der Waals surface area contributed by atoms with Crippen molar-refractivity contribution in [3.05, 3.63) is 76.6 Å². The van der Waals surface area contributed by atoms with Crippen LogP contribution in [0.1, 0.15) is 18.9 Å². The zero-order valence-electron chi connectivity index (χ0n) is 14.3. The lowest BCUT2D eigenvalue weighted by atomic mass is 10.2. The Morgan fingerprint density at radius 2 is 1.80 bits per heavy atom. The third kappa shape index (κ3) is 3.94. The summed E-state index contributed by atoms with van der Waals surface area (Å²) in [5.74, 6) is 0.0796. The third-order valence-corrected chi connectivity index (χ3v) is 4.25. The zero-order chi connectivity index (χ0) is 17.6. The van der Waals surface area contributed by atoms with Crippen LogP contribution in [0.15, 0.2) is 65.6 Å². The van der Waals surface area contributed by atoms with Gasteiger partial charge in [0.2, 0.25) is 11.3 Å². The van der Waals surface area contributed by atoms with E-state index in [4.69, 9.17) is 0 Å². The molecule has 0 aliphatic heterocycles. The summed E-state index contributed by atoms with van der Waals surface area (Å²) in [6, 6.07) is 17.3. The molecule has 0 radical (unpaired) electrons. The summed E-state index contributed by atoms with van der Waals surface area (Å²) in [6.07, 6.45) is 1.66. The number of hydrogen-bond donors (Lipinski definition) is 0. The lowest BCUT2D eigenvalue weighted by molar-refractivity contribution is -0.131. The van der Waals surface area contributed by atoms with Crippen LogP contribution in [0.25, 0.3) is 10.9 Å². The first-order valence-corrected chi connectivity index (χ1v) is 8.45. The maximum atomic E-state index is 12.6. The SMILES string of the molecule is CCN(Cc1ccccc1)C(=O)CCn1ncc(=O)c2ccccc21. The summed E-state index contributed by atoms with van der Waals surface area (Å²) in [5.41, 5.74) is 1.77. The first-order valence-electron chi connectivity index (χ1n) is 8.45. The van der Waals surface area contributed by atoms with E-state index < -0.39 is 0 Å². The van der Waals surface area contributed by atoms with Gasteiger partial charge in [-0.25, -0.2) is 0 Å². The van der Waals surface area contributed by atoms with Gasteiger partial charge in [-0.1, -0.05) is 42.5 Å². The van der Waals surface area contributed by atoms with Crippen molar-refractivity contribution in [2.45, 2.75) is 26.4 Å². The van der Waals surface area contributed by atoms with Crippen molar-refractivity contribution >= 4 is 16.8 Å². The number of fused-ring (bicyclic) bond motifs is 1. The predicted molar refractivity (Wildman–Crippen MR) is 98.2 cm³/mol. The van der Waals surface area contributed by atoms with Gasteiger partial charge < -0.3 is 4.90 Å². The third-order valence-electron chi connectivity index (χ3n) is 4.25. The average Bonchev–Trinajstić information content (AvgIpc) is 2.66. The quantitative estimate of drug-likeness (QED) is 0.696. The molecule has 5 nitrogen and oxygen atoms in total. The largest absolute Gasteiger partial charge is 0.339 e. The van der Waals surface area contributed by atoms with Crippen molar-refractivity contribution < 1.29 is 4.79 Å². The fraction of sp³-hybridized carbons (Fsp3) is 0.250. The Bertz CT molecular complexity index is 919. The van der Waals surface area contributed by atoms with E-state index in [1.165, 1.54) is 6.20 Å². The Hall–Kier alpha value is -2.95. The lowest BCUT2D eigenvalue weighted by Gasteiger charge is -2.21. The molecule has 5 heteroatoms. The van der Waals surface area contributed by atoms with E-state index in [1.807, 2.05) is 60.4 Å². The van der Waals surface area contributed by atoms with Gasteiger partial charge in [-0.15, -0.1) is 0 Å². The van der Waals surface area contributed by atoms with Crippen LogP contribution in [0.4, 0.5) is 0 Å². The Balaban J connectivity index is 1.71. The van der Waals surface area contributed by atoms with Gasteiger partial charge in [0.15, 0.2) is 0 Å². The molecule has 25 heavy (non-hydrogen) atoms. The Labute approximate surface area is 146 Å². The van der Waals surface area contributed by atoms with Crippen LogP contribution < -0.4 is 5.43 Å². The molecule has 0 saturated heterocycles. The number of carbonyl (C=O) groups is 1. The zero-order valence-corrected chi connectivity index (χ0v) is 14.3. The highest BCUT2D eigenvalue weighted by Gasteiger charge is 2.13. The number of amides is 1. The van der Waals surface area contributed by atoms with Crippen LogP contribution >= 0.6 is 0 Å². The van der Waals surface area contributed by atoms with Gasteiger partial charge in [-0.05, 0) is 24.6 Å². The Morgan fingerprint density at radius 3 is 2.56 bits per heavy atom. The molecule has 0 unspecified atom stereocenters. The summed E-state index contributed by atoms with van der Waals surface area (Å²) in [6.45, 7) is 3.69. The monoisotopic (exact) mass is 335 g/mol. The predicted octanol–water partition coefficient (Wildman–Crippen LogP) is 2.84. The fourth-order valence-electron chi connectivity index (χ4n) is 2.88. The summed E-state index contributed by atoms with van der Waals surface area (Å²) in [7, 11) is 0. The molecule has 2 aromatic carbocycles. The van der Waals surface area contributed by atoms with E-state index in [1.54, 1.807) is 10.7 Å². The molecule has 0 aliphatic rings. The van der Waals surface area contributed by atoms with E-state index in [0.29, 0.717) is 31.4 Å². The van der Waals surface area contributed by atoms with E-state index >= 15 is 0 Å². The molecule has 3 rings (SSSR count). The van der Waals surface area contributed by atoms with E-state index in [2.05, 4.69) is 5.10 Å². The maximum absolute atomic E-state index is 12.6. The molecule has 0 bridgehead atoms. The van der Waals surface area contributed by atoms with Gasteiger partial charge in [-0.3, -0.25) is 14.3 Å². The minimum absolute atomic E-state index is 0.0796. The van der Waals surface area contributed by atoms with Crippen molar-refractivity contribution in [3.8, 4) is 0 Å². The molecule has 0 aliphatic carbocycles. The van der Waals surface area contributed by atoms with Gasteiger partial charge in [0.25, 0.3) is 0 Å². The number of benzene rings is 2. The molecule has 1 aromatic heterocycles. The summed E-state index contributed by atoms with van der Waals surface area (Å²) >= 11 is 0. The highest BCUT2D eigenvalue weighted by molar-refractivity contribution is 5.79. The van der Waals surface area contributed by atoms with Gasteiger partial charge in [0, 0.05) is 24.9 Å². The van der Waals surface area contributed by atoms with Crippen LogP contribution in [0.3, 0.4) is 0 Å². The second-order valence-corrected chi connectivity index (χ2v) is 5.89. The number of carbonyl (C=O) groups excluding carboxylic acids is 1. The normalized spacial score (nSPS) is 10.8. The standard InChI is InChI=1S/C20H21N3O2/c1-2-22(15-16-8-4-3-5-9-16)20(25)12-13-23-18-11-7-6-10-17(18)19(24)14-21-23/h3-11,14H,2,12-13,15H2,1H3. The second kappa shape index (κ2) is 7.75. The summed E-state index contributed by atoms with van der Waals surface area (Å²) < 4.78 is 1.73. The Morgan fingerprint density at radius 1 is 1.08 bits per heavy atom. The smallest absolute Gasteiger partial charge is 0.224 e. The minimum atomic E-state index is -0.0996. The van der Waals surface area contributed by atoms with Crippen LogP contribution in [0, 0.1) is 0 Å². The first-order chi connectivity index (χ1) is 12.2. The van der Waals surface area contributed by atoms with Gasteiger partial charge in [0.05, 0.1) is 18.3 Å². The van der Waals surface area contributed by atoms with Crippen molar-refractivity contribution in [2.75, 3.05) is 6.54 Å². The van der Waals surface area contributed by atoms with Crippen molar-refractivity contribution in [2.24, 2.45) is 0 Å². The number of para-hydroxylation sites is 1. The molecular weight excluding hydrogens is 314 g/mol. The molecule has 1 heterocycles. The van der Waals surface area contributed by atoms with Crippen molar-refractivity contribution in [1.82, 2.24) is 14.7 Å².